The minimum Gasteiger partial charge on any atom is -0.481 e. The van der Waals surface area contributed by atoms with Gasteiger partial charge in [-0.05, 0) is 0 Å². The zero-order chi connectivity index (χ0) is 26.6. The molecule has 20 heteroatoms. The highest BCUT2D eigenvalue weighted by molar-refractivity contribution is 5.97. The van der Waals surface area contributed by atoms with Crippen LogP contribution in [-0.4, -0.2) is 77.6 Å². The van der Waals surface area contributed by atoms with Gasteiger partial charge in [-0.25, -0.2) is 28.4 Å². The van der Waals surface area contributed by atoms with E-state index >= 15 is 0 Å². The minimum absolute atomic E-state index is 0.00118. The lowest BCUT2D eigenvalue weighted by Gasteiger charge is -2.01. The minimum atomic E-state index is -1.06. The summed E-state index contributed by atoms with van der Waals surface area (Å²) in [6.45, 7) is -0.123. The van der Waals surface area contributed by atoms with Crippen LogP contribution in [0, 0.1) is 0 Å². The van der Waals surface area contributed by atoms with E-state index in [1.165, 1.54) is 0 Å². The van der Waals surface area contributed by atoms with E-state index in [0.717, 1.165) is 30.8 Å². The first-order valence-corrected chi connectivity index (χ1v) is 9.72. The van der Waals surface area contributed by atoms with Crippen molar-refractivity contribution in [2.75, 3.05) is 0 Å². The fraction of sp³-hybridized carbons (Fsp3) is 0.250. The molecule has 0 aliphatic heterocycles. The second kappa shape index (κ2) is 10.1. The van der Waals surface area contributed by atoms with Crippen LogP contribution >= 0.6 is 0 Å². The lowest BCUT2D eigenvalue weighted by Crippen LogP contribution is -2.31. The Morgan fingerprint density at radius 2 is 1.17 bits per heavy atom. The van der Waals surface area contributed by atoms with Gasteiger partial charge in [0, 0.05) is 6.42 Å². The molecular weight excluding hydrogens is 486 g/mol. The first-order chi connectivity index (χ1) is 17.0. The molecule has 0 aliphatic rings. The van der Waals surface area contributed by atoms with Crippen molar-refractivity contribution in [1.29, 1.82) is 0 Å². The average molecular weight is 503 g/mol. The molecule has 0 saturated carbocycles. The van der Waals surface area contributed by atoms with Crippen LogP contribution in [0.1, 0.15) is 33.8 Å². The molecule has 0 saturated heterocycles. The first kappa shape index (κ1) is 25.1. The molecule has 0 aromatic carbocycles. The largest absolute Gasteiger partial charge is 0.481 e. The highest BCUT2D eigenvalue weighted by atomic mass is 16.4. The molecule has 0 bridgehead atoms. The second-order valence-corrected chi connectivity index (χ2v) is 6.85. The molecule has 20 nitrogen and oxygen atoms in total. The summed E-state index contributed by atoms with van der Waals surface area (Å²) in [6.07, 6.45) is 1.89. The molecule has 0 unspecified atom stereocenters. The van der Waals surface area contributed by atoms with Gasteiger partial charge in [-0.2, -0.15) is 9.36 Å². The van der Waals surface area contributed by atoms with E-state index in [1.54, 1.807) is 0 Å². The Morgan fingerprint density at radius 1 is 0.750 bits per heavy atom. The third kappa shape index (κ3) is 5.16. The van der Waals surface area contributed by atoms with Crippen LogP contribution in [0.25, 0.3) is 11.3 Å². The number of carbonyl (C=O) groups excluding carboxylic acids is 3. The average Bonchev–Trinajstić information content (AvgIpc) is 3.44. The molecular formula is C16H17N13O7. The number of fused-ring (bicyclic) bond motifs is 2. The number of carbonyl (C=O) groups is 4. The van der Waals surface area contributed by atoms with Crippen molar-refractivity contribution in [3.05, 3.63) is 45.0 Å². The van der Waals surface area contributed by atoms with E-state index in [-0.39, 0.29) is 48.6 Å². The molecule has 0 atom stereocenters. The number of aliphatic carboxylic acids is 1. The molecule has 3 amide bonds. The molecule has 4 rings (SSSR count). The van der Waals surface area contributed by atoms with E-state index < -0.39 is 35.1 Å². The molecule has 188 valence electrons. The molecule has 0 radical (unpaired) electrons. The van der Waals surface area contributed by atoms with E-state index in [9.17, 15) is 28.8 Å². The lowest BCUT2D eigenvalue weighted by molar-refractivity contribution is -0.137. The summed E-state index contributed by atoms with van der Waals surface area (Å²) in [4.78, 5) is 74.0. The van der Waals surface area contributed by atoms with E-state index in [0.29, 0.717) is 0 Å². The first-order valence-electron chi connectivity index (χ1n) is 9.72. The predicted octanol–water partition coefficient (Wildman–Crippen LogP) is -4.88. The number of hydrogen-bond acceptors (Lipinski definition) is 12. The van der Waals surface area contributed by atoms with E-state index in [4.69, 9.17) is 22.3 Å². The lowest BCUT2D eigenvalue weighted by atomic mass is 10.4. The number of nitrogens with two attached hydrogens (primary N) is 3. The normalized spacial score (nSPS) is 10.7. The van der Waals surface area contributed by atoms with Gasteiger partial charge in [-0.3, -0.25) is 19.2 Å². The summed E-state index contributed by atoms with van der Waals surface area (Å²) in [5.74, 6) is -3.25. The monoisotopic (exact) mass is 503 g/mol. The van der Waals surface area contributed by atoms with Crippen molar-refractivity contribution in [2.45, 2.75) is 25.9 Å². The van der Waals surface area contributed by atoms with E-state index in [1.807, 2.05) is 0 Å². The maximum Gasteiger partial charge on any atom is 0.352 e. The Labute approximate surface area is 196 Å². The summed E-state index contributed by atoms with van der Waals surface area (Å²) in [6, 6.07) is 0. The Balaban J connectivity index is 0.000000201. The maximum absolute atomic E-state index is 11.9. The summed E-state index contributed by atoms with van der Waals surface area (Å²) < 4.78 is 3.82. The van der Waals surface area contributed by atoms with Crippen molar-refractivity contribution < 1.29 is 24.3 Å². The predicted molar refractivity (Wildman–Crippen MR) is 113 cm³/mol. The fourth-order valence-electron chi connectivity index (χ4n) is 2.72. The van der Waals surface area contributed by atoms with Crippen molar-refractivity contribution in [3.8, 4) is 0 Å². The van der Waals surface area contributed by atoms with Crippen LogP contribution in [0.4, 0.5) is 0 Å². The maximum atomic E-state index is 11.9. The Morgan fingerprint density at radius 3 is 1.53 bits per heavy atom. The van der Waals surface area contributed by atoms with Crippen LogP contribution in [-0.2, 0) is 22.7 Å². The Hall–Kier alpha value is -5.56. The number of nitrogens with zero attached hydrogens (tertiary/aromatic N) is 10. The van der Waals surface area contributed by atoms with Crippen molar-refractivity contribution >= 4 is 35.0 Å². The van der Waals surface area contributed by atoms with Gasteiger partial charge in [0.2, 0.25) is 5.91 Å². The molecule has 36 heavy (non-hydrogen) atoms. The zero-order valence-corrected chi connectivity index (χ0v) is 18.1. The van der Waals surface area contributed by atoms with Gasteiger partial charge in [-0.1, -0.05) is 10.4 Å². The van der Waals surface area contributed by atoms with Crippen molar-refractivity contribution in [2.24, 2.45) is 17.2 Å². The molecule has 4 heterocycles. The molecule has 0 fully saturated rings. The zero-order valence-electron chi connectivity index (χ0n) is 18.1. The van der Waals surface area contributed by atoms with Crippen molar-refractivity contribution in [3.63, 3.8) is 0 Å². The SMILES string of the molecule is NC(=O)CCn1nnc2c(C(N)=O)ncn2c1=O.NC(=O)c1ncn2c(=O)n(CCC(=O)O)nnc12. The second-order valence-electron chi connectivity index (χ2n) is 6.85. The Kier molecular flexibility index (Phi) is 7.07. The number of hydrogen-bond donors (Lipinski definition) is 4. The van der Waals surface area contributed by atoms with Crippen LogP contribution in [0.2, 0.25) is 0 Å². The summed E-state index contributed by atoms with van der Waals surface area (Å²) in [5, 5.41) is 22.9. The molecule has 0 aliphatic carbocycles. The van der Waals surface area contributed by atoms with Gasteiger partial charge >= 0.3 is 17.3 Å². The molecule has 4 aromatic heterocycles. The van der Waals surface area contributed by atoms with Gasteiger partial charge in [0.25, 0.3) is 11.8 Å². The fourth-order valence-corrected chi connectivity index (χ4v) is 2.72. The summed E-state index contributed by atoms with van der Waals surface area (Å²) >= 11 is 0. The van der Waals surface area contributed by atoms with Crippen molar-refractivity contribution in [1.82, 2.24) is 48.8 Å². The van der Waals surface area contributed by atoms with Gasteiger partial charge in [0.05, 0.1) is 19.5 Å². The van der Waals surface area contributed by atoms with E-state index in [2.05, 4.69) is 30.6 Å². The number of carboxylic acid groups (broad SMARTS) is 1. The van der Waals surface area contributed by atoms with Gasteiger partial charge in [0.15, 0.2) is 22.7 Å². The smallest absolute Gasteiger partial charge is 0.352 e. The third-order valence-electron chi connectivity index (χ3n) is 4.41. The number of amides is 3. The highest BCUT2D eigenvalue weighted by Gasteiger charge is 2.16. The Bertz CT molecular complexity index is 1490. The number of aromatic nitrogens is 10. The number of rotatable bonds is 8. The summed E-state index contributed by atoms with van der Waals surface area (Å²) in [5.41, 5.74) is 13.5. The molecule has 7 N–H and O–H groups in total. The van der Waals surface area contributed by atoms with Gasteiger partial charge in [0.1, 0.15) is 12.7 Å². The number of primary amides is 3. The quantitative estimate of drug-likeness (QED) is 0.175. The van der Waals surface area contributed by atoms with Crippen LogP contribution in [0.3, 0.4) is 0 Å². The van der Waals surface area contributed by atoms with Gasteiger partial charge < -0.3 is 22.3 Å². The number of aryl methyl sites for hydroxylation is 2. The molecule has 0 spiro atoms. The number of imidazole rings is 2. The molecule has 4 aromatic rings. The van der Waals surface area contributed by atoms with Crippen LogP contribution in [0.5, 0.6) is 0 Å². The standard InChI is InChI=1S/C8H9N7O3.C8H8N6O4/c9-4(16)1-2-15-8(18)14-3-11-5(6(10)17)7(14)12-13-15;9-6(17)5-7-11-12-14(2-1-4(15)16)8(18)13(7)3-10-5/h3H,1-2H2,(H2,9,16)(H2,10,17);3H,1-2H2,(H2,9,17)(H,15,16). The topological polar surface area (TPSA) is 297 Å². The third-order valence-corrected chi connectivity index (χ3v) is 4.41. The highest BCUT2D eigenvalue weighted by Crippen LogP contribution is 2.02. The number of carboxylic acids is 1. The summed E-state index contributed by atoms with van der Waals surface area (Å²) in [7, 11) is 0. The van der Waals surface area contributed by atoms with Crippen LogP contribution in [0.15, 0.2) is 22.2 Å². The van der Waals surface area contributed by atoms with Crippen LogP contribution < -0.4 is 28.6 Å². The van der Waals surface area contributed by atoms with Gasteiger partial charge in [-0.15, -0.1) is 10.2 Å².